The second-order valence-electron chi connectivity index (χ2n) is 8.41. The molecule has 168 valence electrons. The lowest BCUT2D eigenvalue weighted by atomic mass is 9.92. The summed E-state index contributed by atoms with van der Waals surface area (Å²) < 4.78 is 7.51. The van der Waals surface area contributed by atoms with E-state index >= 15 is 0 Å². The lowest BCUT2D eigenvalue weighted by molar-refractivity contribution is 0.0956. The van der Waals surface area contributed by atoms with Gasteiger partial charge in [-0.2, -0.15) is 5.10 Å². The molecule has 32 heavy (non-hydrogen) atoms. The minimum absolute atomic E-state index is 0.125. The number of aryl methyl sites for hydroxylation is 1. The van der Waals surface area contributed by atoms with Gasteiger partial charge in [0.25, 0.3) is 5.91 Å². The number of amides is 3. The van der Waals surface area contributed by atoms with Crippen molar-refractivity contribution in [2.24, 2.45) is 12.8 Å². The van der Waals surface area contributed by atoms with Crippen LogP contribution in [0.1, 0.15) is 43.7 Å². The van der Waals surface area contributed by atoms with Crippen LogP contribution < -0.4 is 20.7 Å². The number of nitrogens with zero attached hydrogens (tertiary/aromatic N) is 3. The number of carbonyl (C=O) groups is 2. The number of hydrogen-bond acceptors (Lipinski definition) is 4. The van der Waals surface area contributed by atoms with Crippen LogP contribution in [0, 0.1) is 0 Å². The lowest BCUT2D eigenvalue weighted by Crippen LogP contribution is -2.32. The maximum Gasteiger partial charge on any atom is 0.325 e. The molecule has 8 heteroatoms. The maximum absolute atomic E-state index is 12.3. The Kier molecular flexibility index (Phi) is 6.53. The molecule has 8 nitrogen and oxygen atoms in total. The lowest BCUT2D eigenvalue weighted by Gasteiger charge is -2.20. The number of nitrogens with one attached hydrogen (secondary N) is 1. The van der Waals surface area contributed by atoms with Gasteiger partial charge in [0.15, 0.2) is 0 Å². The van der Waals surface area contributed by atoms with Gasteiger partial charge in [-0.3, -0.25) is 9.48 Å². The van der Waals surface area contributed by atoms with Crippen molar-refractivity contribution >= 4 is 23.4 Å². The summed E-state index contributed by atoms with van der Waals surface area (Å²) in [5.74, 6) is 1.64. The first-order valence-electron chi connectivity index (χ1n) is 10.4. The molecule has 0 aliphatic carbocycles. The molecule has 0 aliphatic heterocycles. The number of ether oxygens (including phenoxy) is 1. The zero-order valence-corrected chi connectivity index (χ0v) is 19.0. The molecule has 0 saturated carbocycles. The molecule has 1 aromatic heterocycles. The molecule has 0 bridgehead atoms. The van der Waals surface area contributed by atoms with E-state index in [1.165, 1.54) is 4.90 Å². The van der Waals surface area contributed by atoms with Gasteiger partial charge in [-0.25, -0.2) is 9.69 Å². The van der Waals surface area contributed by atoms with Crippen LogP contribution >= 0.6 is 0 Å². The first-order valence-corrected chi connectivity index (χ1v) is 10.4. The fraction of sp³-hybridized carbons (Fsp3) is 0.292. The molecule has 0 fully saturated rings. The summed E-state index contributed by atoms with van der Waals surface area (Å²) in [5.41, 5.74) is 7.55. The van der Waals surface area contributed by atoms with Crippen molar-refractivity contribution in [2.45, 2.75) is 33.1 Å². The molecule has 1 heterocycles. The second kappa shape index (κ2) is 9.13. The molecule has 0 spiro atoms. The maximum atomic E-state index is 12.3. The number of aromatic nitrogens is 2. The molecule has 3 amide bonds. The predicted molar refractivity (Wildman–Crippen MR) is 125 cm³/mol. The van der Waals surface area contributed by atoms with E-state index in [9.17, 15) is 9.59 Å². The highest BCUT2D eigenvalue weighted by atomic mass is 16.5. The van der Waals surface area contributed by atoms with Gasteiger partial charge >= 0.3 is 6.03 Å². The van der Waals surface area contributed by atoms with Crippen LogP contribution in [0.2, 0.25) is 0 Å². The zero-order chi connectivity index (χ0) is 23.5. The van der Waals surface area contributed by atoms with Gasteiger partial charge in [-0.05, 0) is 55.5 Å². The Morgan fingerprint density at radius 1 is 1.06 bits per heavy atom. The number of hydrogen-bond donors (Lipinski definition) is 2. The average molecular weight is 436 g/mol. The van der Waals surface area contributed by atoms with Gasteiger partial charge in [-0.1, -0.05) is 20.8 Å². The highest BCUT2D eigenvalue weighted by Gasteiger charge is 2.24. The topological polar surface area (TPSA) is 102 Å². The quantitative estimate of drug-likeness (QED) is 0.596. The highest BCUT2D eigenvalue weighted by molar-refractivity contribution is 5.97. The standard InChI is InChI=1S/C24H29N5O3/c1-6-26-22(30)16-7-11-18(12-8-16)32-19-13-9-17(10-14-19)29(23(25)31)21-15-20(24(2,3)4)27-28(21)5/h7-15H,6H2,1-5H3,(H2,25,31)(H,26,30). The summed E-state index contributed by atoms with van der Waals surface area (Å²) in [4.78, 5) is 25.5. The van der Waals surface area contributed by atoms with Crippen LogP contribution in [-0.4, -0.2) is 28.3 Å². The van der Waals surface area contributed by atoms with Gasteiger partial charge in [0.2, 0.25) is 0 Å². The Hall–Kier alpha value is -3.81. The number of rotatable bonds is 6. The Balaban J connectivity index is 1.80. The van der Waals surface area contributed by atoms with Crippen molar-refractivity contribution in [3.8, 4) is 11.5 Å². The predicted octanol–water partition coefficient (Wildman–Crippen LogP) is 4.48. The summed E-state index contributed by atoms with van der Waals surface area (Å²) >= 11 is 0. The van der Waals surface area contributed by atoms with E-state index in [1.54, 1.807) is 60.3 Å². The van der Waals surface area contributed by atoms with E-state index < -0.39 is 6.03 Å². The highest BCUT2D eigenvalue weighted by Crippen LogP contribution is 2.31. The molecule has 0 atom stereocenters. The van der Waals surface area contributed by atoms with E-state index in [-0.39, 0.29) is 11.3 Å². The summed E-state index contributed by atoms with van der Waals surface area (Å²) in [5, 5.41) is 7.28. The minimum atomic E-state index is -0.608. The van der Waals surface area contributed by atoms with Crippen LogP contribution in [0.15, 0.2) is 54.6 Å². The van der Waals surface area contributed by atoms with Crippen LogP contribution in [0.25, 0.3) is 0 Å². The monoisotopic (exact) mass is 435 g/mol. The number of primary amides is 1. The first kappa shape index (κ1) is 22.9. The van der Waals surface area contributed by atoms with Crippen molar-refractivity contribution in [1.82, 2.24) is 15.1 Å². The Bertz CT molecular complexity index is 1100. The van der Waals surface area contributed by atoms with E-state index in [0.29, 0.717) is 35.1 Å². The number of benzene rings is 2. The molecule has 0 unspecified atom stereocenters. The van der Waals surface area contributed by atoms with Gasteiger partial charge in [0, 0.05) is 30.6 Å². The van der Waals surface area contributed by atoms with Crippen LogP contribution in [0.3, 0.4) is 0 Å². The Labute approximate surface area is 188 Å². The third-order valence-corrected chi connectivity index (χ3v) is 4.86. The van der Waals surface area contributed by atoms with Crippen LogP contribution in [-0.2, 0) is 12.5 Å². The number of anilines is 2. The van der Waals surface area contributed by atoms with E-state index in [2.05, 4.69) is 31.2 Å². The molecule has 0 aliphatic rings. The number of urea groups is 1. The van der Waals surface area contributed by atoms with Crippen molar-refractivity contribution in [2.75, 3.05) is 11.4 Å². The van der Waals surface area contributed by atoms with Crippen LogP contribution in [0.4, 0.5) is 16.3 Å². The zero-order valence-electron chi connectivity index (χ0n) is 19.0. The van der Waals surface area contributed by atoms with E-state index in [4.69, 9.17) is 10.5 Å². The van der Waals surface area contributed by atoms with Gasteiger partial charge in [-0.15, -0.1) is 0 Å². The van der Waals surface area contributed by atoms with Gasteiger partial charge in [0.1, 0.15) is 17.3 Å². The fourth-order valence-electron chi connectivity index (χ4n) is 3.14. The molecule has 3 rings (SSSR count). The average Bonchev–Trinajstić information content (AvgIpc) is 3.12. The number of nitrogens with two attached hydrogens (primary N) is 1. The fourth-order valence-corrected chi connectivity index (χ4v) is 3.14. The SMILES string of the molecule is CCNC(=O)c1ccc(Oc2ccc(N(C(N)=O)c3cc(C(C)(C)C)nn3C)cc2)cc1. The molecule has 0 radical (unpaired) electrons. The summed E-state index contributed by atoms with van der Waals surface area (Å²) in [6.07, 6.45) is 0. The summed E-state index contributed by atoms with van der Waals surface area (Å²) in [6.45, 7) is 8.62. The smallest absolute Gasteiger partial charge is 0.325 e. The second-order valence-corrected chi connectivity index (χ2v) is 8.41. The molecular formula is C24H29N5O3. The van der Waals surface area contributed by atoms with Crippen molar-refractivity contribution in [3.05, 3.63) is 65.9 Å². The normalized spacial score (nSPS) is 11.2. The Morgan fingerprint density at radius 2 is 1.62 bits per heavy atom. The molecular weight excluding hydrogens is 406 g/mol. The van der Waals surface area contributed by atoms with Crippen molar-refractivity contribution in [3.63, 3.8) is 0 Å². The summed E-state index contributed by atoms with van der Waals surface area (Å²) in [7, 11) is 1.78. The third kappa shape index (κ3) is 5.08. The molecule has 3 aromatic rings. The molecule has 3 N–H and O–H groups in total. The van der Waals surface area contributed by atoms with E-state index in [0.717, 1.165) is 5.69 Å². The molecule has 2 aromatic carbocycles. The van der Waals surface area contributed by atoms with E-state index in [1.807, 2.05) is 13.0 Å². The van der Waals surface area contributed by atoms with Gasteiger partial charge in [0.05, 0.1) is 11.4 Å². The Morgan fingerprint density at radius 3 is 2.09 bits per heavy atom. The minimum Gasteiger partial charge on any atom is -0.457 e. The van der Waals surface area contributed by atoms with Gasteiger partial charge < -0.3 is 15.8 Å². The third-order valence-electron chi connectivity index (χ3n) is 4.86. The summed E-state index contributed by atoms with van der Waals surface area (Å²) in [6, 6.07) is 15.2. The van der Waals surface area contributed by atoms with Crippen molar-refractivity contribution in [1.29, 1.82) is 0 Å². The van der Waals surface area contributed by atoms with Crippen LogP contribution in [0.5, 0.6) is 11.5 Å². The first-order chi connectivity index (χ1) is 15.1. The number of carbonyl (C=O) groups excluding carboxylic acids is 2. The molecule has 0 saturated heterocycles. The largest absolute Gasteiger partial charge is 0.457 e. The van der Waals surface area contributed by atoms with Crippen molar-refractivity contribution < 1.29 is 14.3 Å².